The average Bonchev–Trinajstić information content (AvgIpc) is 3.18. The predicted molar refractivity (Wildman–Crippen MR) is 106 cm³/mol. The maximum absolute atomic E-state index is 14.6. The van der Waals surface area contributed by atoms with Crippen LogP contribution in [-0.4, -0.2) is 27.8 Å². The van der Waals surface area contributed by atoms with Gasteiger partial charge in [0.05, 0.1) is 11.7 Å². The fourth-order valence-corrected chi connectivity index (χ4v) is 4.38. The molecule has 146 valence electrons. The van der Waals surface area contributed by atoms with Crippen molar-refractivity contribution in [2.75, 3.05) is 5.32 Å². The molecular formula is C20H26ClFN4O. The molecule has 0 bridgehead atoms. The molecule has 3 unspecified atom stereocenters. The Morgan fingerprint density at radius 1 is 1.26 bits per heavy atom. The molecule has 7 heteroatoms. The normalized spacial score (nSPS) is 24.2. The Kier molecular flexibility index (Phi) is 5.86. The molecule has 1 amide bonds. The monoisotopic (exact) mass is 392 g/mol. The molecule has 1 aromatic carbocycles. The lowest BCUT2D eigenvalue weighted by Crippen LogP contribution is -2.39. The van der Waals surface area contributed by atoms with Crippen LogP contribution in [-0.2, 0) is 4.79 Å². The lowest BCUT2D eigenvalue weighted by Gasteiger charge is -2.24. The van der Waals surface area contributed by atoms with Gasteiger partial charge in [0.15, 0.2) is 5.82 Å². The highest BCUT2D eigenvalue weighted by molar-refractivity contribution is 5.95. The lowest BCUT2D eigenvalue weighted by molar-refractivity contribution is -0.117. The molecule has 1 aliphatic heterocycles. The number of carbonyl (C=O) groups excluding carboxylic acids is 1. The van der Waals surface area contributed by atoms with Crippen molar-refractivity contribution in [2.45, 2.75) is 58.0 Å². The zero-order valence-electron chi connectivity index (χ0n) is 15.7. The van der Waals surface area contributed by atoms with Crippen molar-refractivity contribution in [3.8, 4) is 5.69 Å². The number of benzene rings is 1. The Morgan fingerprint density at radius 3 is 2.70 bits per heavy atom. The number of anilines is 1. The minimum Gasteiger partial charge on any atom is -0.325 e. The first-order valence-electron chi connectivity index (χ1n) is 9.41. The van der Waals surface area contributed by atoms with Gasteiger partial charge >= 0.3 is 0 Å². The summed E-state index contributed by atoms with van der Waals surface area (Å²) >= 11 is 0. The third-order valence-corrected chi connectivity index (χ3v) is 5.63. The first-order valence-corrected chi connectivity index (χ1v) is 9.41. The van der Waals surface area contributed by atoms with E-state index < -0.39 is 5.82 Å². The number of amides is 1. The lowest BCUT2D eigenvalue weighted by atomic mass is 9.85. The maximum Gasteiger partial charge on any atom is 0.241 e. The van der Waals surface area contributed by atoms with Crippen LogP contribution in [0, 0.1) is 25.6 Å². The van der Waals surface area contributed by atoms with Gasteiger partial charge in [0.2, 0.25) is 5.91 Å². The number of aryl methyl sites for hydroxylation is 2. The summed E-state index contributed by atoms with van der Waals surface area (Å²) in [4.78, 5) is 12.6. The second-order valence-corrected chi connectivity index (χ2v) is 7.60. The molecule has 2 fully saturated rings. The fraction of sp³-hybridized carbons (Fsp3) is 0.500. The zero-order valence-corrected chi connectivity index (χ0v) is 16.5. The van der Waals surface area contributed by atoms with Gasteiger partial charge in [-0.3, -0.25) is 4.79 Å². The smallest absolute Gasteiger partial charge is 0.241 e. The third-order valence-electron chi connectivity index (χ3n) is 5.63. The number of rotatable bonds is 3. The largest absolute Gasteiger partial charge is 0.325 e. The quantitative estimate of drug-likeness (QED) is 0.832. The van der Waals surface area contributed by atoms with Gasteiger partial charge in [-0.1, -0.05) is 12.8 Å². The van der Waals surface area contributed by atoms with Crippen molar-refractivity contribution in [3.63, 3.8) is 0 Å². The van der Waals surface area contributed by atoms with Gasteiger partial charge in [-0.2, -0.15) is 5.10 Å². The summed E-state index contributed by atoms with van der Waals surface area (Å²) in [6, 6.07) is 6.94. The fourth-order valence-electron chi connectivity index (χ4n) is 4.38. The van der Waals surface area contributed by atoms with Gasteiger partial charge in [0.1, 0.15) is 5.69 Å². The van der Waals surface area contributed by atoms with Gasteiger partial charge in [0, 0.05) is 17.4 Å². The van der Waals surface area contributed by atoms with Crippen LogP contribution in [0.1, 0.15) is 43.5 Å². The number of hydrogen-bond donors (Lipinski definition) is 2. The second kappa shape index (κ2) is 7.98. The van der Waals surface area contributed by atoms with Crippen LogP contribution in [0.4, 0.5) is 10.1 Å². The average molecular weight is 393 g/mol. The molecule has 3 atom stereocenters. The van der Waals surface area contributed by atoms with Crippen molar-refractivity contribution in [2.24, 2.45) is 5.92 Å². The molecule has 2 heterocycles. The Morgan fingerprint density at radius 2 is 2.04 bits per heavy atom. The van der Waals surface area contributed by atoms with Crippen molar-refractivity contribution in [1.82, 2.24) is 15.1 Å². The van der Waals surface area contributed by atoms with E-state index in [1.54, 1.807) is 16.8 Å². The molecule has 1 aromatic heterocycles. The van der Waals surface area contributed by atoms with E-state index in [9.17, 15) is 9.18 Å². The minimum absolute atomic E-state index is 0. The maximum atomic E-state index is 14.6. The minimum atomic E-state index is -0.401. The molecule has 2 N–H and O–H groups in total. The summed E-state index contributed by atoms with van der Waals surface area (Å²) in [5, 5.41) is 10.6. The molecule has 1 saturated carbocycles. The number of nitrogens with one attached hydrogen (secondary N) is 2. The highest BCUT2D eigenvalue weighted by Crippen LogP contribution is 2.33. The van der Waals surface area contributed by atoms with E-state index >= 15 is 0 Å². The Bertz CT molecular complexity index is 823. The van der Waals surface area contributed by atoms with Crippen LogP contribution in [0.2, 0.25) is 0 Å². The van der Waals surface area contributed by atoms with Gasteiger partial charge in [0.25, 0.3) is 0 Å². The van der Waals surface area contributed by atoms with Gasteiger partial charge in [-0.05, 0) is 63.3 Å². The topological polar surface area (TPSA) is 59.0 Å². The third kappa shape index (κ3) is 4.01. The van der Waals surface area contributed by atoms with Crippen LogP contribution in [0.3, 0.4) is 0 Å². The predicted octanol–water partition coefficient (Wildman–Crippen LogP) is 3.91. The highest BCUT2D eigenvalue weighted by atomic mass is 35.5. The van der Waals surface area contributed by atoms with Crippen LogP contribution >= 0.6 is 12.4 Å². The SMILES string of the molecule is Cc1cc(C)n(-c2ccc(NC(=O)C3CC4CCCCC4N3)cc2F)n1.Cl. The van der Waals surface area contributed by atoms with Gasteiger partial charge in [-0.25, -0.2) is 9.07 Å². The van der Waals surface area contributed by atoms with E-state index in [0.29, 0.717) is 23.3 Å². The number of nitrogens with zero attached hydrogens (tertiary/aromatic N) is 2. The van der Waals surface area contributed by atoms with Crippen LogP contribution in [0.25, 0.3) is 5.69 Å². The molecule has 2 aliphatic rings. The molecule has 1 saturated heterocycles. The number of fused-ring (bicyclic) bond motifs is 1. The van der Waals surface area contributed by atoms with Crippen molar-refractivity contribution < 1.29 is 9.18 Å². The Hall–Kier alpha value is -1.92. The summed E-state index contributed by atoms with van der Waals surface area (Å²) in [5.41, 5.74) is 2.58. The number of aromatic nitrogens is 2. The standard InChI is InChI=1S/C20H25FN4O.ClH/c1-12-9-13(2)25(24-12)19-8-7-15(11-16(19)21)22-20(26)18-10-14-5-3-4-6-17(14)23-18;/h7-9,11,14,17-18,23H,3-6,10H2,1-2H3,(H,22,26);1H. The zero-order chi connectivity index (χ0) is 18.3. The number of carbonyl (C=O) groups is 1. The van der Waals surface area contributed by atoms with Crippen LogP contribution < -0.4 is 10.6 Å². The first kappa shape index (κ1) is 19.8. The van der Waals surface area contributed by atoms with E-state index in [2.05, 4.69) is 15.7 Å². The number of hydrogen-bond acceptors (Lipinski definition) is 3. The highest BCUT2D eigenvalue weighted by Gasteiger charge is 2.38. The van der Waals surface area contributed by atoms with Crippen molar-refractivity contribution in [1.29, 1.82) is 0 Å². The molecule has 1 aliphatic carbocycles. The molecule has 5 nitrogen and oxygen atoms in total. The molecule has 0 radical (unpaired) electrons. The van der Waals surface area contributed by atoms with Crippen LogP contribution in [0.15, 0.2) is 24.3 Å². The summed E-state index contributed by atoms with van der Waals surface area (Å²) < 4.78 is 16.1. The molecule has 2 aromatic rings. The van der Waals surface area contributed by atoms with E-state index in [1.165, 1.54) is 25.3 Å². The molecule has 0 spiro atoms. The summed E-state index contributed by atoms with van der Waals surface area (Å²) in [5.74, 6) is 0.129. The van der Waals surface area contributed by atoms with E-state index in [1.807, 2.05) is 19.9 Å². The Balaban J connectivity index is 0.00000210. The van der Waals surface area contributed by atoms with Crippen molar-refractivity contribution in [3.05, 3.63) is 41.5 Å². The summed E-state index contributed by atoms with van der Waals surface area (Å²) in [6.07, 6.45) is 5.73. The summed E-state index contributed by atoms with van der Waals surface area (Å²) in [7, 11) is 0. The summed E-state index contributed by atoms with van der Waals surface area (Å²) in [6.45, 7) is 3.77. The van der Waals surface area contributed by atoms with Gasteiger partial charge < -0.3 is 10.6 Å². The molecule has 4 rings (SSSR count). The Labute approximate surface area is 165 Å². The van der Waals surface area contributed by atoms with Crippen molar-refractivity contribution >= 4 is 24.0 Å². The first-order chi connectivity index (χ1) is 12.5. The second-order valence-electron chi connectivity index (χ2n) is 7.60. The van der Waals surface area contributed by atoms with Crippen LogP contribution in [0.5, 0.6) is 0 Å². The number of halogens is 2. The molecular weight excluding hydrogens is 367 g/mol. The van der Waals surface area contributed by atoms with E-state index in [-0.39, 0.29) is 24.4 Å². The van der Waals surface area contributed by atoms with E-state index in [0.717, 1.165) is 24.2 Å². The van der Waals surface area contributed by atoms with E-state index in [4.69, 9.17) is 0 Å². The van der Waals surface area contributed by atoms with Gasteiger partial charge in [-0.15, -0.1) is 12.4 Å². The molecule has 27 heavy (non-hydrogen) atoms.